The molecule has 0 aliphatic heterocycles. The van der Waals surface area contributed by atoms with Crippen LogP contribution >= 0.6 is 0 Å². The summed E-state index contributed by atoms with van der Waals surface area (Å²) in [5.41, 5.74) is 0. The zero-order chi connectivity index (χ0) is 12.0. The van der Waals surface area contributed by atoms with Crippen molar-refractivity contribution in [3.05, 3.63) is 0 Å². The van der Waals surface area contributed by atoms with Gasteiger partial charge in [-0.15, -0.1) is 0 Å². The second kappa shape index (κ2) is 7.03. The second-order valence-electron chi connectivity index (χ2n) is 5.17. The summed E-state index contributed by atoms with van der Waals surface area (Å²) in [6, 6.07) is 0. The quantitative estimate of drug-likeness (QED) is 0.666. The fraction of sp³-hybridized carbons (Fsp3) is 0.929. The molecule has 0 aromatic carbocycles. The fourth-order valence-corrected chi connectivity index (χ4v) is 2.67. The van der Waals surface area contributed by atoms with Gasteiger partial charge in [0.25, 0.3) is 0 Å². The third-order valence-electron chi connectivity index (χ3n) is 3.15. The Morgan fingerprint density at radius 2 is 1.53 bits per heavy atom. The van der Waals surface area contributed by atoms with E-state index >= 15 is 0 Å². The van der Waals surface area contributed by atoms with Crippen molar-refractivity contribution >= 4 is 5.78 Å². The number of rotatable bonds is 2. The molecule has 0 amide bonds. The van der Waals surface area contributed by atoms with Gasteiger partial charge in [0.2, 0.25) is 0 Å². The molecule has 90 valence electrons. The molecule has 1 saturated carbocycles. The highest BCUT2D eigenvalue weighted by molar-refractivity contribution is 5.83. The molecule has 15 heavy (non-hydrogen) atoms. The van der Waals surface area contributed by atoms with Gasteiger partial charge in [0.1, 0.15) is 5.78 Å². The summed E-state index contributed by atoms with van der Waals surface area (Å²) in [6.45, 7) is 12.7. The van der Waals surface area contributed by atoms with E-state index in [4.69, 9.17) is 0 Å². The van der Waals surface area contributed by atoms with Gasteiger partial charge in [-0.05, 0) is 31.1 Å². The average molecular weight is 212 g/mol. The van der Waals surface area contributed by atoms with E-state index in [9.17, 15) is 4.79 Å². The van der Waals surface area contributed by atoms with Crippen molar-refractivity contribution in [3.8, 4) is 0 Å². The lowest BCUT2D eigenvalue weighted by molar-refractivity contribution is -0.129. The largest absolute Gasteiger partial charge is 0.299 e. The highest BCUT2D eigenvalue weighted by atomic mass is 16.1. The molecule has 1 heteroatoms. The summed E-state index contributed by atoms with van der Waals surface area (Å²) in [6.07, 6.45) is 3.55. The highest BCUT2D eigenvalue weighted by Crippen LogP contribution is 2.33. The molecule has 0 spiro atoms. The Bertz CT molecular complexity index is 170. The van der Waals surface area contributed by atoms with Gasteiger partial charge in [-0.1, -0.05) is 41.5 Å². The third kappa shape index (κ3) is 4.81. The maximum absolute atomic E-state index is 11.6. The van der Waals surface area contributed by atoms with E-state index in [1.165, 1.54) is 6.42 Å². The zero-order valence-electron chi connectivity index (χ0n) is 11.3. The Kier molecular flexibility index (Phi) is 6.87. The smallest absolute Gasteiger partial charge is 0.138 e. The molecular formula is C14H28O. The molecule has 0 heterocycles. The van der Waals surface area contributed by atoms with Gasteiger partial charge in [0, 0.05) is 11.8 Å². The number of carbonyl (C=O) groups excluding carboxylic acids is 1. The van der Waals surface area contributed by atoms with Crippen LogP contribution in [0.1, 0.15) is 60.8 Å². The van der Waals surface area contributed by atoms with Crippen molar-refractivity contribution in [2.24, 2.45) is 23.7 Å². The SMILES string of the molecule is CC.CC(C)CC1CC(C)C(=O)C(C)C1. The summed E-state index contributed by atoms with van der Waals surface area (Å²) in [7, 11) is 0. The maximum atomic E-state index is 11.6. The van der Waals surface area contributed by atoms with Gasteiger partial charge in [-0.25, -0.2) is 0 Å². The van der Waals surface area contributed by atoms with E-state index in [1.807, 2.05) is 13.8 Å². The molecule has 1 aliphatic carbocycles. The number of carbonyl (C=O) groups is 1. The van der Waals surface area contributed by atoms with Crippen LogP contribution in [0.2, 0.25) is 0 Å². The summed E-state index contributed by atoms with van der Waals surface area (Å²) in [5, 5.41) is 0. The van der Waals surface area contributed by atoms with Crippen LogP contribution in [-0.4, -0.2) is 5.78 Å². The number of ketones is 1. The lowest BCUT2D eigenvalue weighted by Crippen LogP contribution is -2.30. The normalized spacial score (nSPS) is 31.1. The summed E-state index contributed by atoms with van der Waals surface area (Å²) in [4.78, 5) is 11.6. The predicted molar refractivity (Wildman–Crippen MR) is 66.9 cm³/mol. The Morgan fingerprint density at radius 1 is 1.13 bits per heavy atom. The monoisotopic (exact) mass is 212 g/mol. The van der Waals surface area contributed by atoms with Gasteiger partial charge in [0.05, 0.1) is 0 Å². The number of Topliss-reactive ketones (excluding diaryl/α,β-unsaturated/α-hetero) is 1. The van der Waals surface area contributed by atoms with Gasteiger partial charge < -0.3 is 0 Å². The maximum Gasteiger partial charge on any atom is 0.138 e. The zero-order valence-corrected chi connectivity index (χ0v) is 11.3. The topological polar surface area (TPSA) is 17.1 Å². The molecule has 0 radical (unpaired) electrons. The van der Waals surface area contributed by atoms with Gasteiger partial charge >= 0.3 is 0 Å². The molecule has 0 saturated heterocycles. The summed E-state index contributed by atoms with van der Waals surface area (Å²) in [5.74, 6) is 2.68. The lowest BCUT2D eigenvalue weighted by Gasteiger charge is -2.31. The third-order valence-corrected chi connectivity index (χ3v) is 3.15. The lowest BCUT2D eigenvalue weighted by atomic mass is 9.73. The van der Waals surface area contributed by atoms with Crippen molar-refractivity contribution < 1.29 is 4.79 Å². The first kappa shape index (κ1) is 14.7. The first-order valence-corrected chi connectivity index (χ1v) is 6.54. The van der Waals surface area contributed by atoms with Crippen LogP contribution in [0.15, 0.2) is 0 Å². The van der Waals surface area contributed by atoms with Crippen molar-refractivity contribution in [1.82, 2.24) is 0 Å². The molecule has 1 aliphatic rings. The van der Waals surface area contributed by atoms with E-state index in [0.29, 0.717) is 17.6 Å². The predicted octanol–water partition coefficient (Wildman–Crippen LogP) is 4.31. The van der Waals surface area contributed by atoms with Crippen molar-refractivity contribution in [3.63, 3.8) is 0 Å². The molecule has 2 atom stereocenters. The van der Waals surface area contributed by atoms with Crippen LogP contribution in [0.4, 0.5) is 0 Å². The fourth-order valence-electron chi connectivity index (χ4n) is 2.67. The minimum absolute atomic E-state index is 0.312. The standard InChI is InChI=1S/C12H22O.C2H6/c1-8(2)5-11-6-9(3)12(13)10(4)7-11;1-2/h8-11H,5-7H2,1-4H3;1-2H3. The van der Waals surface area contributed by atoms with Crippen LogP contribution in [0.25, 0.3) is 0 Å². The molecule has 2 unspecified atom stereocenters. The van der Waals surface area contributed by atoms with Gasteiger partial charge in [-0.2, -0.15) is 0 Å². The number of hydrogen-bond donors (Lipinski definition) is 0. The average Bonchev–Trinajstić information content (AvgIpc) is 2.16. The molecular weight excluding hydrogens is 184 g/mol. The molecule has 0 aromatic heterocycles. The Morgan fingerprint density at radius 3 is 1.87 bits per heavy atom. The Hall–Kier alpha value is -0.330. The Labute approximate surface area is 95.6 Å². The summed E-state index contributed by atoms with van der Waals surface area (Å²) < 4.78 is 0. The van der Waals surface area contributed by atoms with Crippen molar-refractivity contribution in [2.45, 2.75) is 60.8 Å². The van der Waals surface area contributed by atoms with E-state index in [0.717, 1.165) is 24.7 Å². The number of hydrogen-bond acceptors (Lipinski definition) is 1. The van der Waals surface area contributed by atoms with E-state index in [-0.39, 0.29) is 0 Å². The Balaban J connectivity index is 0.000000921. The first-order valence-electron chi connectivity index (χ1n) is 6.54. The van der Waals surface area contributed by atoms with Crippen LogP contribution < -0.4 is 0 Å². The van der Waals surface area contributed by atoms with E-state index < -0.39 is 0 Å². The van der Waals surface area contributed by atoms with Crippen LogP contribution in [0.5, 0.6) is 0 Å². The van der Waals surface area contributed by atoms with Gasteiger partial charge in [-0.3, -0.25) is 4.79 Å². The van der Waals surface area contributed by atoms with Crippen molar-refractivity contribution in [2.75, 3.05) is 0 Å². The molecule has 1 nitrogen and oxygen atoms in total. The molecule has 0 N–H and O–H groups in total. The van der Waals surface area contributed by atoms with Crippen LogP contribution in [0.3, 0.4) is 0 Å². The molecule has 0 bridgehead atoms. The van der Waals surface area contributed by atoms with E-state index in [2.05, 4.69) is 27.7 Å². The highest BCUT2D eigenvalue weighted by Gasteiger charge is 2.30. The molecule has 1 fully saturated rings. The first-order chi connectivity index (χ1) is 7.00. The molecule has 0 aromatic rings. The minimum atomic E-state index is 0.312. The molecule has 1 rings (SSSR count). The van der Waals surface area contributed by atoms with Crippen LogP contribution in [0, 0.1) is 23.7 Å². The minimum Gasteiger partial charge on any atom is -0.299 e. The van der Waals surface area contributed by atoms with Crippen molar-refractivity contribution in [1.29, 1.82) is 0 Å². The summed E-state index contributed by atoms with van der Waals surface area (Å²) >= 11 is 0. The second-order valence-corrected chi connectivity index (χ2v) is 5.17. The van der Waals surface area contributed by atoms with Gasteiger partial charge in [0.15, 0.2) is 0 Å². The van der Waals surface area contributed by atoms with Crippen LogP contribution in [-0.2, 0) is 4.79 Å². The van der Waals surface area contributed by atoms with E-state index in [1.54, 1.807) is 0 Å².